The average Bonchev–Trinajstić information content (AvgIpc) is 3.74. The Hall–Kier alpha value is -6.57. The fourth-order valence-corrected chi connectivity index (χ4v) is 8.01. The molecule has 10 aromatic rings. The predicted molar refractivity (Wildman–Crippen MR) is 204 cm³/mol. The van der Waals surface area contributed by atoms with Crippen LogP contribution in [0.15, 0.2) is 158 Å². The summed E-state index contributed by atoms with van der Waals surface area (Å²) in [6.45, 7) is 0. The van der Waals surface area contributed by atoms with E-state index in [-0.39, 0.29) is 0 Å². The van der Waals surface area contributed by atoms with Crippen molar-refractivity contribution in [1.29, 1.82) is 0 Å². The van der Waals surface area contributed by atoms with Gasteiger partial charge < -0.3 is 4.57 Å². The molecule has 10 rings (SSSR count). The summed E-state index contributed by atoms with van der Waals surface area (Å²) in [4.78, 5) is 24.2. The van der Waals surface area contributed by atoms with Crippen LogP contribution in [0.3, 0.4) is 0 Å². The molecule has 0 aliphatic carbocycles. The highest BCUT2D eigenvalue weighted by molar-refractivity contribution is 7.26. The topological polar surface area (TPSA) is 69.4 Å². The Morgan fingerprint density at radius 1 is 0.480 bits per heavy atom. The predicted octanol–water partition coefficient (Wildman–Crippen LogP) is 10.8. The van der Waals surface area contributed by atoms with Crippen LogP contribution in [0.2, 0.25) is 0 Å². The molecule has 234 valence electrons. The standard InChI is InChI=1S/C43H26N6S/c1-4-11-27(12-5-1)41-46-42(28-13-6-2-7-14-28)48-43(47-41)32-17-10-18-38-39(32)34-24-30(20-22-37(34)50-38)29-19-21-35-33(23-29)40-36(25-44-26-45-40)49(35)31-15-8-3-9-16-31/h1-26H. The van der Waals surface area contributed by atoms with Gasteiger partial charge in [-0.2, -0.15) is 0 Å². The van der Waals surface area contributed by atoms with Gasteiger partial charge in [0, 0.05) is 47.9 Å². The molecule has 0 bridgehead atoms. The molecule has 50 heavy (non-hydrogen) atoms. The van der Waals surface area contributed by atoms with Gasteiger partial charge in [0.1, 0.15) is 6.33 Å². The SMILES string of the molecule is c1ccc(-c2nc(-c3ccccc3)nc(-c3cccc4sc5ccc(-c6ccc7c(c6)c6ncncc6n7-c6ccccc6)cc5c34)n2)cc1. The maximum atomic E-state index is 5.07. The molecule has 0 amide bonds. The van der Waals surface area contributed by atoms with Crippen LogP contribution in [0.1, 0.15) is 0 Å². The second-order valence-corrected chi connectivity index (χ2v) is 13.3. The maximum Gasteiger partial charge on any atom is 0.164 e. The fraction of sp³-hybridized carbons (Fsp3) is 0. The molecule has 0 aliphatic heterocycles. The lowest BCUT2D eigenvalue weighted by Crippen LogP contribution is -2.00. The summed E-state index contributed by atoms with van der Waals surface area (Å²) in [5.74, 6) is 1.96. The Labute approximate surface area is 291 Å². The van der Waals surface area contributed by atoms with E-state index in [4.69, 9.17) is 19.9 Å². The smallest absolute Gasteiger partial charge is 0.164 e. The molecule has 0 radical (unpaired) electrons. The van der Waals surface area contributed by atoms with Crippen molar-refractivity contribution in [2.75, 3.05) is 0 Å². The Balaban J connectivity index is 1.16. The van der Waals surface area contributed by atoms with Crippen molar-refractivity contribution in [2.45, 2.75) is 0 Å². The van der Waals surface area contributed by atoms with E-state index in [1.54, 1.807) is 17.7 Å². The van der Waals surface area contributed by atoms with Gasteiger partial charge in [0.15, 0.2) is 17.5 Å². The molecule has 0 fully saturated rings. The van der Waals surface area contributed by atoms with Gasteiger partial charge in [-0.05, 0) is 53.6 Å². The van der Waals surface area contributed by atoms with Crippen LogP contribution in [-0.4, -0.2) is 29.5 Å². The molecule has 0 atom stereocenters. The van der Waals surface area contributed by atoms with Crippen LogP contribution >= 0.6 is 11.3 Å². The molecule has 0 saturated heterocycles. The largest absolute Gasteiger partial charge is 0.306 e. The summed E-state index contributed by atoms with van der Waals surface area (Å²) >= 11 is 1.79. The van der Waals surface area contributed by atoms with Gasteiger partial charge in [0.25, 0.3) is 0 Å². The first-order valence-corrected chi connectivity index (χ1v) is 17.2. The second-order valence-electron chi connectivity index (χ2n) is 12.2. The number of fused-ring (bicyclic) bond motifs is 6. The second kappa shape index (κ2) is 11.5. The first kappa shape index (κ1) is 28.4. The monoisotopic (exact) mass is 658 g/mol. The third kappa shape index (κ3) is 4.67. The molecule has 0 aliphatic rings. The summed E-state index contributed by atoms with van der Waals surface area (Å²) < 4.78 is 4.64. The van der Waals surface area contributed by atoms with Gasteiger partial charge in [0.05, 0.1) is 22.7 Å². The van der Waals surface area contributed by atoms with Gasteiger partial charge in [-0.3, -0.25) is 0 Å². The van der Waals surface area contributed by atoms with Crippen molar-refractivity contribution in [3.63, 3.8) is 0 Å². The molecular formula is C43H26N6S. The van der Waals surface area contributed by atoms with Gasteiger partial charge in [-0.25, -0.2) is 24.9 Å². The first-order valence-electron chi connectivity index (χ1n) is 16.4. The highest BCUT2D eigenvalue weighted by Crippen LogP contribution is 2.42. The zero-order chi connectivity index (χ0) is 33.0. The van der Waals surface area contributed by atoms with Gasteiger partial charge in [0.2, 0.25) is 0 Å². The quantitative estimate of drug-likeness (QED) is 0.184. The van der Waals surface area contributed by atoms with E-state index in [0.717, 1.165) is 60.8 Å². The van der Waals surface area contributed by atoms with Crippen molar-refractivity contribution < 1.29 is 0 Å². The number of nitrogens with zero attached hydrogens (tertiary/aromatic N) is 6. The molecule has 0 unspecified atom stereocenters. The molecule has 0 saturated carbocycles. The third-order valence-corrected chi connectivity index (χ3v) is 10.3. The number of aromatic nitrogens is 6. The van der Waals surface area contributed by atoms with Crippen molar-refractivity contribution in [1.82, 2.24) is 29.5 Å². The Morgan fingerprint density at radius 3 is 1.84 bits per heavy atom. The number of hydrogen-bond acceptors (Lipinski definition) is 6. The zero-order valence-electron chi connectivity index (χ0n) is 26.6. The number of benzene rings is 6. The number of hydrogen-bond donors (Lipinski definition) is 0. The molecule has 0 spiro atoms. The minimum Gasteiger partial charge on any atom is -0.306 e. The van der Waals surface area contributed by atoms with Crippen LogP contribution < -0.4 is 0 Å². The molecule has 4 heterocycles. The Morgan fingerprint density at radius 2 is 1.12 bits per heavy atom. The van der Waals surface area contributed by atoms with E-state index in [2.05, 4.69) is 88.4 Å². The molecule has 0 N–H and O–H groups in total. The van der Waals surface area contributed by atoms with Crippen LogP contribution in [0.5, 0.6) is 0 Å². The molecule has 6 aromatic carbocycles. The normalized spacial score (nSPS) is 11.6. The number of para-hydroxylation sites is 1. The summed E-state index contributed by atoms with van der Waals surface area (Å²) in [5, 5.41) is 3.41. The lowest BCUT2D eigenvalue weighted by atomic mass is 9.99. The van der Waals surface area contributed by atoms with Crippen molar-refractivity contribution in [3.05, 3.63) is 158 Å². The highest BCUT2D eigenvalue weighted by atomic mass is 32.1. The van der Waals surface area contributed by atoms with E-state index in [0.29, 0.717) is 17.5 Å². The molecule has 7 heteroatoms. The molecule has 4 aromatic heterocycles. The lowest BCUT2D eigenvalue weighted by molar-refractivity contribution is 1.08. The lowest BCUT2D eigenvalue weighted by Gasteiger charge is -2.10. The average molecular weight is 659 g/mol. The van der Waals surface area contributed by atoms with Gasteiger partial charge in [-0.1, -0.05) is 103 Å². The van der Waals surface area contributed by atoms with Crippen LogP contribution in [-0.2, 0) is 0 Å². The first-order chi connectivity index (χ1) is 24.8. The van der Waals surface area contributed by atoms with E-state index >= 15 is 0 Å². The summed E-state index contributed by atoms with van der Waals surface area (Å²) in [6, 6.07) is 50.4. The van der Waals surface area contributed by atoms with Crippen LogP contribution in [0.4, 0.5) is 0 Å². The number of rotatable bonds is 5. The van der Waals surface area contributed by atoms with E-state index in [1.165, 1.54) is 14.8 Å². The molecular weight excluding hydrogens is 633 g/mol. The third-order valence-electron chi connectivity index (χ3n) is 9.21. The van der Waals surface area contributed by atoms with Crippen molar-refractivity contribution >= 4 is 53.4 Å². The maximum absolute atomic E-state index is 5.07. The minimum atomic E-state index is 0.651. The van der Waals surface area contributed by atoms with Crippen LogP contribution in [0, 0.1) is 0 Å². The van der Waals surface area contributed by atoms with Gasteiger partial charge in [-0.15, -0.1) is 11.3 Å². The minimum absolute atomic E-state index is 0.651. The zero-order valence-corrected chi connectivity index (χ0v) is 27.4. The van der Waals surface area contributed by atoms with E-state index < -0.39 is 0 Å². The van der Waals surface area contributed by atoms with Crippen molar-refractivity contribution in [2.24, 2.45) is 0 Å². The highest BCUT2D eigenvalue weighted by Gasteiger charge is 2.18. The van der Waals surface area contributed by atoms with Gasteiger partial charge >= 0.3 is 0 Å². The summed E-state index contributed by atoms with van der Waals surface area (Å²) in [5.41, 5.74) is 9.24. The molecule has 6 nitrogen and oxygen atoms in total. The van der Waals surface area contributed by atoms with Crippen LogP contribution in [0.25, 0.3) is 93.1 Å². The van der Waals surface area contributed by atoms with E-state index in [1.807, 2.05) is 72.9 Å². The summed E-state index contributed by atoms with van der Waals surface area (Å²) in [6.07, 6.45) is 3.52. The van der Waals surface area contributed by atoms with E-state index in [9.17, 15) is 0 Å². The Kier molecular flexibility index (Phi) is 6.57. The Bertz CT molecular complexity index is 2810. The summed E-state index contributed by atoms with van der Waals surface area (Å²) in [7, 11) is 0. The fourth-order valence-electron chi connectivity index (χ4n) is 6.90. The number of thiophene rings is 1. The van der Waals surface area contributed by atoms with Crippen molar-refractivity contribution in [3.8, 4) is 51.0 Å².